The van der Waals surface area contributed by atoms with Crippen molar-refractivity contribution in [1.82, 2.24) is 20.3 Å². The highest BCUT2D eigenvalue weighted by molar-refractivity contribution is 5.74. The predicted molar refractivity (Wildman–Crippen MR) is 84.8 cm³/mol. The van der Waals surface area contributed by atoms with Gasteiger partial charge in [0.1, 0.15) is 16.7 Å². The summed E-state index contributed by atoms with van der Waals surface area (Å²) in [5.41, 5.74) is 0.937. The van der Waals surface area contributed by atoms with Gasteiger partial charge in [-0.1, -0.05) is 40.3 Å². The number of aromatic nitrogens is 4. The molecule has 0 saturated carbocycles. The molecule has 4 rings (SSSR count). The molecule has 4 aromatic rings. The average molecular weight is 360 g/mol. The molecular formula is C17H11F3N4O2. The van der Waals surface area contributed by atoms with Crippen molar-refractivity contribution < 1.29 is 22.5 Å². The Bertz CT molecular complexity index is 1040. The molecule has 26 heavy (non-hydrogen) atoms. The summed E-state index contributed by atoms with van der Waals surface area (Å²) in [5, 5.41) is 11.4. The fourth-order valence-electron chi connectivity index (χ4n) is 2.42. The summed E-state index contributed by atoms with van der Waals surface area (Å²) in [7, 11) is 0. The van der Waals surface area contributed by atoms with Crippen molar-refractivity contribution in [2.45, 2.75) is 12.8 Å². The van der Waals surface area contributed by atoms with Crippen LogP contribution in [0.4, 0.5) is 13.2 Å². The maximum Gasteiger partial charge on any atom is 0.416 e. The second-order valence-corrected chi connectivity index (χ2v) is 5.49. The van der Waals surface area contributed by atoms with Gasteiger partial charge in [-0.25, -0.2) is 0 Å². The van der Waals surface area contributed by atoms with Crippen LogP contribution in [-0.4, -0.2) is 20.3 Å². The molecule has 0 N–H and O–H groups in total. The zero-order valence-electron chi connectivity index (χ0n) is 13.1. The second kappa shape index (κ2) is 6.17. The molecular weight excluding hydrogens is 349 g/mol. The summed E-state index contributed by atoms with van der Waals surface area (Å²) in [4.78, 5) is 6.36. The van der Waals surface area contributed by atoms with Crippen molar-refractivity contribution in [3.05, 3.63) is 65.9 Å². The van der Waals surface area contributed by atoms with Crippen LogP contribution in [0.3, 0.4) is 0 Å². The first-order valence-corrected chi connectivity index (χ1v) is 7.58. The minimum atomic E-state index is -4.46. The van der Waals surface area contributed by atoms with Crippen LogP contribution in [-0.2, 0) is 12.8 Å². The highest BCUT2D eigenvalue weighted by atomic mass is 19.4. The van der Waals surface area contributed by atoms with E-state index in [1.807, 2.05) is 30.3 Å². The fourth-order valence-corrected chi connectivity index (χ4v) is 2.42. The molecule has 0 aliphatic heterocycles. The third kappa shape index (κ3) is 3.10. The lowest BCUT2D eigenvalue weighted by atomic mass is 10.2. The minimum absolute atomic E-state index is 0.0367. The summed E-state index contributed by atoms with van der Waals surface area (Å²) in [6.45, 7) is -0.0367. The third-order valence-electron chi connectivity index (χ3n) is 3.69. The zero-order valence-corrected chi connectivity index (χ0v) is 13.1. The molecule has 2 aromatic carbocycles. The molecule has 0 fully saturated rings. The van der Waals surface area contributed by atoms with E-state index in [0.717, 1.165) is 22.5 Å². The Morgan fingerprint density at radius 2 is 1.85 bits per heavy atom. The van der Waals surface area contributed by atoms with Crippen LogP contribution in [0.15, 0.2) is 59.1 Å². The molecule has 0 spiro atoms. The Balaban J connectivity index is 1.54. The summed E-state index contributed by atoms with van der Waals surface area (Å²) < 4.78 is 43.8. The summed E-state index contributed by atoms with van der Waals surface area (Å²) in [6.07, 6.45) is -4.46. The monoisotopic (exact) mass is 360 g/mol. The van der Waals surface area contributed by atoms with Gasteiger partial charge in [-0.15, -0.1) is 5.10 Å². The van der Waals surface area contributed by atoms with E-state index in [4.69, 9.17) is 9.36 Å². The Hall–Kier alpha value is -3.36. The molecule has 0 atom stereocenters. The molecule has 0 aliphatic rings. The number of alkyl halides is 3. The number of hydrogen-bond donors (Lipinski definition) is 0. The van der Waals surface area contributed by atoms with Crippen LogP contribution in [0.1, 0.15) is 11.3 Å². The zero-order chi connectivity index (χ0) is 18.1. The normalized spacial score (nSPS) is 11.8. The van der Waals surface area contributed by atoms with Gasteiger partial charge in [0.05, 0.1) is 5.56 Å². The number of rotatable bonds is 4. The average Bonchev–Trinajstić information content (AvgIpc) is 3.26. The van der Waals surface area contributed by atoms with E-state index < -0.39 is 11.7 Å². The van der Waals surface area contributed by atoms with Crippen LogP contribution < -0.4 is 4.84 Å². The van der Waals surface area contributed by atoms with Crippen LogP contribution in [0, 0.1) is 0 Å². The summed E-state index contributed by atoms with van der Waals surface area (Å²) in [6, 6.07) is 14.2. The molecule has 2 heterocycles. The van der Waals surface area contributed by atoms with Gasteiger partial charge < -0.3 is 9.36 Å². The fraction of sp³-hybridized carbons (Fsp3) is 0.118. The van der Waals surface area contributed by atoms with Crippen molar-refractivity contribution in [2.24, 2.45) is 0 Å². The highest BCUT2D eigenvalue weighted by Crippen LogP contribution is 2.30. The van der Waals surface area contributed by atoms with Crippen LogP contribution in [0.2, 0.25) is 0 Å². The van der Waals surface area contributed by atoms with Gasteiger partial charge in [0, 0.05) is 11.6 Å². The van der Waals surface area contributed by atoms with Crippen LogP contribution in [0.25, 0.3) is 22.4 Å². The molecule has 0 radical (unpaired) electrons. The van der Waals surface area contributed by atoms with E-state index in [1.165, 1.54) is 6.07 Å². The van der Waals surface area contributed by atoms with Crippen molar-refractivity contribution in [3.8, 4) is 11.3 Å². The van der Waals surface area contributed by atoms with E-state index >= 15 is 0 Å². The first-order chi connectivity index (χ1) is 12.5. The van der Waals surface area contributed by atoms with Gasteiger partial charge in [0.2, 0.25) is 0 Å². The summed E-state index contributed by atoms with van der Waals surface area (Å²) >= 11 is 0. The first-order valence-electron chi connectivity index (χ1n) is 7.58. The van der Waals surface area contributed by atoms with Crippen molar-refractivity contribution in [2.75, 3.05) is 0 Å². The van der Waals surface area contributed by atoms with Gasteiger partial charge in [-0.3, -0.25) is 0 Å². The lowest BCUT2D eigenvalue weighted by molar-refractivity contribution is -0.137. The maximum atomic E-state index is 12.9. The number of nitrogens with zero attached hydrogens (tertiary/aromatic N) is 4. The lowest BCUT2D eigenvalue weighted by Crippen LogP contribution is -2.13. The van der Waals surface area contributed by atoms with Gasteiger partial charge in [-0.2, -0.15) is 13.2 Å². The standard InChI is InChI=1S/C17H11F3N4O2/c18-17(19,20)12-6-7-14-15(8-12)24(23-21-14)25-10-13-9-16(26-22-13)11-4-2-1-3-5-11/h1-9H,10H2. The molecule has 0 amide bonds. The number of halogens is 3. The van der Waals surface area contributed by atoms with Gasteiger partial charge in [0.25, 0.3) is 0 Å². The van der Waals surface area contributed by atoms with E-state index in [9.17, 15) is 13.2 Å². The lowest BCUT2D eigenvalue weighted by Gasteiger charge is -2.07. The SMILES string of the molecule is FC(F)(F)c1ccc2nnn(OCc3cc(-c4ccccc4)on3)c2c1. The number of benzene rings is 2. The number of hydrogen-bond acceptors (Lipinski definition) is 5. The van der Waals surface area contributed by atoms with E-state index in [2.05, 4.69) is 15.5 Å². The van der Waals surface area contributed by atoms with Crippen molar-refractivity contribution >= 4 is 11.0 Å². The smallest absolute Gasteiger partial charge is 0.388 e. The predicted octanol–water partition coefficient (Wildman–Crippen LogP) is 3.73. The largest absolute Gasteiger partial charge is 0.416 e. The van der Waals surface area contributed by atoms with Gasteiger partial charge in [-0.05, 0) is 23.4 Å². The molecule has 2 aromatic heterocycles. The van der Waals surface area contributed by atoms with Gasteiger partial charge >= 0.3 is 6.18 Å². The van der Waals surface area contributed by atoms with Crippen LogP contribution >= 0.6 is 0 Å². The molecule has 0 aliphatic carbocycles. The molecule has 6 nitrogen and oxygen atoms in total. The molecule has 0 bridgehead atoms. The minimum Gasteiger partial charge on any atom is -0.388 e. The van der Waals surface area contributed by atoms with Crippen molar-refractivity contribution in [3.63, 3.8) is 0 Å². The molecule has 132 valence electrons. The molecule has 0 saturated heterocycles. The summed E-state index contributed by atoms with van der Waals surface area (Å²) in [5.74, 6) is 0.562. The third-order valence-corrected chi connectivity index (χ3v) is 3.69. The highest BCUT2D eigenvalue weighted by Gasteiger charge is 2.31. The van der Waals surface area contributed by atoms with E-state index in [0.29, 0.717) is 17.0 Å². The Kier molecular flexibility index (Phi) is 3.83. The Morgan fingerprint density at radius 1 is 1.04 bits per heavy atom. The van der Waals surface area contributed by atoms with Crippen molar-refractivity contribution in [1.29, 1.82) is 0 Å². The first kappa shape index (κ1) is 16.1. The quantitative estimate of drug-likeness (QED) is 0.555. The second-order valence-electron chi connectivity index (χ2n) is 5.49. The molecule has 0 unspecified atom stereocenters. The van der Waals surface area contributed by atoms with E-state index in [-0.39, 0.29) is 12.1 Å². The topological polar surface area (TPSA) is 66.0 Å². The Labute approximate surface area is 144 Å². The van der Waals surface area contributed by atoms with Crippen LogP contribution in [0.5, 0.6) is 0 Å². The Morgan fingerprint density at radius 3 is 2.62 bits per heavy atom. The molecule has 9 heteroatoms. The number of fused-ring (bicyclic) bond motifs is 1. The van der Waals surface area contributed by atoms with E-state index in [1.54, 1.807) is 6.07 Å². The van der Waals surface area contributed by atoms with Gasteiger partial charge in [0.15, 0.2) is 12.4 Å². The maximum absolute atomic E-state index is 12.9.